The number of aryl methyl sites for hydroxylation is 1. The highest BCUT2D eigenvalue weighted by molar-refractivity contribution is 6.32. The van der Waals surface area contributed by atoms with Gasteiger partial charge in [-0.25, -0.2) is 0 Å². The summed E-state index contributed by atoms with van der Waals surface area (Å²) in [7, 11) is 1.64. The zero-order valence-electron chi connectivity index (χ0n) is 17.0. The van der Waals surface area contributed by atoms with Gasteiger partial charge in [0.25, 0.3) is 0 Å². The van der Waals surface area contributed by atoms with Gasteiger partial charge in [0, 0.05) is 12.6 Å². The van der Waals surface area contributed by atoms with Crippen molar-refractivity contribution in [3.8, 4) is 11.5 Å². The molecule has 4 heteroatoms. The van der Waals surface area contributed by atoms with Gasteiger partial charge in [0.05, 0.1) is 12.1 Å². The second-order valence-electron chi connectivity index (χ2n) is 7.19. The maximum absolute atomic E-state index is 6.50. The van der Waals surface area contributed by atoms with Crippen LogP contribution in [0.2, 0.25) is 5.02 Å². The molecule has 29 heavy (non-hydrogen) atoms. The molecule has 1 N–H and O–H groups in total. The van der Waals surface area contributed by atoms with Crippen molar-refractivity contribution in [2.75, 3.05) is 7.11 Å². The molecule has 0 fully saturated rings. The van der Waals surface area contributed by atoms with Gasteiger partial charge in [0.1, 0.15) is 6.61 Å². The van der Waals surface area contributed by atoms with E-state index in [9.17, 15) is 0 Å². The molecule has 3 aromatic rings. The molecule has 0 saturated carbocycles. The van der Waals surface area contributed by atoms with E-state index < -0.39 is 0 Å². The van der Waals surface area contributed by atoms with E-state index in [2.05, 4.69) is 42.6 Å². The largest absolute Gasteiger partial charge is 0.493 e. The van der Waals surface area contributed by atoms with Crippen LogP contribution in [0, 0.1) is 0 Å². The molecule has 0 aliphatic heterocycles. The van der Waals surface area contributed by atoms with Gasteiger partial charge in [-0.15, -0.1) is 0 Å². The second kappa shape index (κ2) is 10.9. The first kappa shape index (κ1) is 21.2. The summed E-state index contributed by atoms with van der Waals surface area (Å²) in [5.74, 6) is 1.24. The van der Waals surface area contributed by atoms with E-state index >= 15 is 0 Å². The Kier molecular flexibility index (Phi) is 7.97. The van der Waals surface area contributed by atoms with Gasteiger partial charge in [-0.1, -0.05) is 72.3 Å². The van der Waals surface area contributed by atoms with Crippen LogP contribution in [0.3, 0.4) is 0 Å². The lowest BCUT2D eigenvalue weighted by molar-refractivity contribution is 0.284. The van der Waals surface area contributed by atoms with E-state index in [1.807, 2.05) is 42.5 Å². The van der Waals surface area contributed by atoms with Gasteiger partial charge in [0.15, 0.2) is 11.5 Å². The van der Waals surface area contributed by atoms with E-state index in [1.165, 1.54) is 5.56 Å². The third-order valence-corrected chi connectivity index (χ3v) is 5.16. The van der Waals surface area contributed by atoms with E-state index in [0.29, 0.717) is 29.2 Å². The molecule has 1 atom stereocenters. The normalized spacial score (nSPS) is 11.8. The number of benzene rings is 3. The summed E-state index contributed by atoms with van der Waals surface area (Å²) in [6, 6.07) is 24.9. The molecule has 0 radical (unpaired) electrons. The highest BCUT2D eigenvalue weighted by Gasteiger charge is 2.13. The van der Waals surface area contributed by atoms with Crippen LogP contribution in [-0.4, -0.2) is 13.2 Å². The lowest BCUT2D eigenvalue weighted by Gasteiger charge is -2.17. The Morgan fingerprint density at radius 2 is 1.55 bits per heavy atom. The molecule has 3 aromatic carbocycles. The van der Waals surface area contributed by atoms with Gasteiger partial charge < -0.3 is 14.8 Å². The lowest BCUT2D eigenvalue weighted by Crippen LogP contribution is -2.26. The number of ether oxygens (including phenoxy) is 2. The van der Waals surface area contributed by atoms with Gasteiger partial charge in [-0.2, -0.15) is 0 Å². The summed E-state index contributed by atoms with van der Waals surface area (Å²) < 4.78 is 11.5. The van der Waals surface area contributed by atoms with Crippen LogP contribution in [0.5, 0.6) is 11.5 Å². The van der Waals surface area contributed by atoms with Crippen LogP contribution in [0.15, 0.2) is 72.8 Å². The SMILES string of the molecule is COc1cc(CN[C@H](C)CCc2ccccc2)cc(Cl)c1OCc1ccccc1. The number of hydrogen-bond donors (Lipinski definition) is 1. The third-order valence-electron chi connectivity index (χ3n) is 4.88. The predicted octanol–water partition coefficient (Wildman–Crippen LogP) is 6.04. The summed E-state index contributed by atoms with van der Waals surface area (Å²) in [5, 5.41) is 4.13. The average molecular weight is 410 g/mol. The molecule has 3 nitrogen and oxygen atoms in total. The van der Waals surface area contributed by atoms with Crippen molar-refractivity contribution in [3.63, 3.8) is 0 Å². The fourth-order valence-corrected chi connectivity index (χ4v) is 3.45. The van der Waals surface area contributed by atoms with Crippen molar-refractivity contribution in [3.05, 3.63) is 94.5 Å². The van der Waals surface area contributed by atoms with Gasteiger partial charge in [-0.3, -0.25) is 0 Å². The lowest BCUT2D eigenvalue weighted by atomic mass is 10.1. The monoisotopic (exact) mass is 409 g/mol. The molecule has 0 aliphatic rings. The van der Waals surface area contributed by atoms with Gasteiger partial charge in [0.2, 0.25) is 0 Å². The second-order valence-corrected chi connectivity index (χ2v) is 7.60. The Hall–Kier alpha value is -2.49. The van der Waals surface area contributed by atoms with Crippen LogP contribution in [0.1, 0.15) is 30.0 Å². The zero-order valence-corrected chi connectivity index (χ0v) is 17.8. The minimum atomic E-state index is 0.397. The summed E-state index contributed by atoms with van der Waals surface area (Å²) in [4.78, 5) is 0. The first-order valence-corrected chi connectivity index (χ1v) is 10.3. The number of halogens is 1. The number of rotatable bonds is 10. The molecule has 0 aromatic heterocycles. The van der Waals surface area contributed by atoms with Crippen molar-refractivity contribution in [2.45, 2.75) is 39.0 Å². The first-order valence-electron chi connectivity index (χ1n) is 9.96. The Morgan fingerprint density at radius 3 is 2.21 bits per heavy atom. The van der Waals surface area contributed by atoms with Crippen molar-refractivity contribution in [1.82, 2.24) is 5.32 Å². The third kappa shape index (κ3) is 6.52. The maximum Gasteiger partial charge on any atom is 0.180 e. The van der Waals surface area contributed by atoms with E-state index in [-0.39, 0.29) is 0 Å². The molecular formula is C25H28ClNO2. The molecule has 0 amide bonds. The molecule has 0 saturated heterocycles. The predicted molar refractivity (Wildman–Crippen MR) is 120 cm³/mol. The molecule has 152 valence electrons. The Balaban J connectivity index is 1.56. The van der Waals surface area contributed by atoms with Crippen molar-refractivity contribution < 1.29 is 9.47 Å². The molecular weight excluding hydrogens is 382 g/mol. The molecule has 0 unspecified atom stereocenters. The van der Waals surface area contributed by atoms with E-state index in [0.717, 1.165) is 30.5 Å². The minimum Gasteiger partial charge on any atom is -0.493 e. The van der Waals surface area contributed by atoms with E-state index in [1.54, 1.807) is 7.11 Å². The fourth-order valence-electron chi connectivity index (χ4n) is 3.17. The number of nitrogens with one attached hydrogen (secondary N) is 1. The Labute approximate surface area is 178 Å². The van der Waals surface area contributed by atoms with Crippen molar-refractivity contribution in [1.29, 1.82) is 0 Å². The van der Waals surface area contributed by atoms with Crippen molar-refractivity contribution in [2.24, 2.45) is 0 Å². The molecule has 0 aliphatic carbocycles. The van der Waals surface area contributed by atoms with Crippen LogP contribution < -0.4 is 14.8 Å². The standard InChI is InChI=1S/C25H28ClNO2/c1-19(13-14-20-9-5-3-6-10-20)27-17-22-15-23(26)25(24(16-22)28-2)29-18-21-11-7-4-8-12-21/h3-12,15-16,19,27H,13-14,17-18H2,1-2H3/t19-/m1/s1. The van der Waals surface area contributed by atoms with Crippen LogP contribution in [0.25, 0.3) is 0 Å². The summed E-state index contributed by atoms with van der Waals surface area (Å²) in [5.41, 5.74) is 3.53. The number of hydrogen-bond acceptors (Lipinski definition) is 3. The summed E-state index contributed by atoms with van der Waals surface area (Å²) in [6.45, 7) is 3.38. The van der Waals surface area contributed by atoms with Crippen LogP contribution in [0.4, 0.5) is 0 Å². The van der Waals surface area contributed by atoms with Crippen molar-refractivity contribution >= 4 is 11.6 Å². The van der Waals surface area contributed by atoms with Crippen LogP contribution >= 0.6 is 11.6 Å². The summed E-state index contributed by atoms with van der Waals surface area (Å²) in [6.07, 6.45) is 2.14. The Morgan fingerprint density at radius 1 is 0.897 bits per heavy atom. The maximum atomic E-state index is 6.50. The highest BCUT2D eigenvalue weighted by Crippen LogP contribution is 2.37. The number of methoxy groups -OCH3 is 1. The molecule has 0 bridgehead atoms. The summed E-state index contributed by atoms with van der Waals surface area (Å²) >= 11 is 6.50. The quantitative estimate of drug-likeness (QED) is 0.443. The first-order chi connectivity index (χ1) is 14.2. The van der Waals surface area contributed by atoms with Gasteiger partial charge in [-0.05, 0) is 48.6 Å². The molecule has 0 heterocycles. The minimum absolute atomic E-state index is 0.397. The smallest absolute Gasteiger partial charge is 0.180 e. The average Bonchev–Trinajstić information content (AvgIpc) is 2.76. The topological polar surface area (TPSA) is 30.5 Å². The zero-order chi connectivity index (χ0) is 20.5. The van der Waals surface area contributed by atoms with Gasteiger partial charge >= 0.3 is 0 Å². The fraction of sp³-hybridized carbons (Fsp3) is 0.280. The molecule has 3 rings (SSSR count). The highest BCUT2D eigenvalue weighted by atomic mass is 35.5. The van der Waals surface area contributed by atoms with Crippen LogP contribution in [-0.2, 0) is 19.6 Å². The van der Waals surface area contributed by atoms with E-state index in [4.69, 9.17) is 21.1 Å². The Bertz CT molecular complexity index is 884. The molecule has 0 spiro atoms.